The predicted molar refractivity (Wildman–Crippen MR) is 117 cm³/mol. The molecular weight excluding hydrogens is 464 g/mol. The number of ether oxygens (including phenoxy) is 1. The van der Waals surface area contributed by atoms with Crippen LogP contribution in [0.2, 0.25) is 0 Å². The van der Waals surface area contributed by atoms with Gasteiger partial charge in [0.15, 0.2) is 5.78 Å². The number of rotatable bonds is 1. The number of Topliss-reactive ketones (excluding diaryl/α,β-unsaturated/α-hetero) is 1. The van der Waals surface area contributed by atoms with E-state index in [9.17, 15) is 19.7 Å². The largest absolute Gasteiger partial charge is 0.486 e. The molecule has 2 aliphatic heterocycles. The minimum Gasteiger partial charge on any atom is -0.486 e. The molecule has 1 aromatic rings. The van der Waals surface area contributed by atoms with E-state index in [1.165, 1.54) is 6.07 Å². The number of hydrogen-bond donors (Lipinski definition) is 1. The monoisotopic (exact) mass is 490 g/mol. The minimum atomic E-state index is -0.585. The third-order valence-corrected chi connectivity index (χ3v) is 9.64. The molecule has 8 heteroatoms. The Morgan fingerprint density at radius 3 is 2.65 bits per heavy atom. The molecular formula is C23H27BrN2O5. The zero-order valence-electron chi connectivity index (χ0n) is 18.2. The summed E-state index contributed by atoms with van der Waals surface area (Å²) in [5.41, 5.74) is -0.0744. The highest BCUT2D eigenvalue weighted by molar-refractivity contribution is 9.10. The van der Waals surface area contributed by atoms with E-state index < -0.39 is 21.8 Å². The first-order valence-corrected chi connectivity index (χ1v) is 11.8. The third kappa shape index (κ3) is 2.45. The van der Waals surface area contributed by atoms with E-state index >= 15 is 0 Å². The van der Waals surface area contributed by atoms with Gasteiger partial charge < -0.3 is 10.1 Å². The van der Waals surface area contributed by atoms with E-state index in [4.69, 9.17) is 4.74 Å². The molecule has 7 nitrogen and oxygen atoms in total. The topological polar surface area (TPSA) is 98.5 Å². The molecule has 5 atom stereocenters. The van der Waals surface area contributed by atoms with Crippen LogP contribution >= 0.6 is 15.9 Å². The lowest BCUT2D eigenvalue weighted by molar-refractivity contribution is -0.385. The highest BCUT2D eigenvalue weighted by Gasteiger charge is 2.69. The fraction of sp³-hybridized carbons (Fsp3) is 0.652. The Bertz CT molecular complexity index is 1050. The number of nitro benzene ring substituents is 1. The number of alkyl halides is 1. The van der Waals surface area contributed by atoms with Crippen molar-refractivity contribution in [1.82, 2.24) is 5.32 Å². The molecule has 0 unspecified atom stereocenters. The van der Waals surface area contributed by atoms with Crippen LogP contribution in [0.25, 0.3) is 0 Å². The second kappa shape index (κ2) is 6.30. The van der Waals surface area contributed by atoms with Crippen molar-refractivity contribution in [3.8, 4) is 5.75 Å². The fourth-order valence-corrected chi connectivity index (χ4v) is 8.09. The van der Waals surface area contributed by atoms with E-state index in [-0.39, 0.29) is 39.7 Å². The fourth-order valence-electron chi connectivity index (χ4n) is 7.01. The second-order valence-corrected chi connectivity index (χ2v) is 11.7. The van der Waals surface area contributed by atoms with E-state index in [1.54, 1.807) is 0 Å². The number of hydrogen-bond acceptors (Lipinski definition) is 5. The summed E-state index contributed by atoms with van der Waals surface area (Å²) in [5, 5.41) is 14.5. The van der Waals surface area contributed by atoms with Gasteiger partial charge in [0.25, 0.3) is 11.6 Å². The first kappa shape index (κ1) is 20.9. The summed E-state index contributed by atoms with van der Waals surface area (Å²) in [6, 6.07) is 1.54. The van der Waals surface area contributed by atoms with Crippen molar-refractivity contribution in [2.75, 3.05) is 0 Å². The Balaban J connectivity index is 1.76. The van der Waals surface area contributed by atoms with E-state index in [0.717, 1.165) is 18.4 Å². The smallest absolute Gasteiger partial charge is 0.283 e. The highest BCUT2D eigenvalue weighted by atomic mass is 79.9. The van der Waals surface area contributed by atoms with Crippen molar-refractivity contribution < 1.29 is 19.2 Å². The van der Waals surface area contributed by atoms with Gasteiger partial charge in [-0.2, -0.15) is 0 Å². The Kier molecular flexibility index (Phi) is 4.25. The molecule has 2 heterocycles. The van der Waals surface area contributed by atoms with Crippen LogP contribution in [0.15, 0.2) is 6.07 Å². The number of fused-ring (bicyclic) bond motifs is 3. The van der Waals surface area contributed by atoms with Gasteiger partial charge in [0, 0.05) is 46.9 Å². The van der Waals surface area contributed by atoms with Crippen molar-refractivity contribution >= 4 is 33.3 Å². The number of nitrogens with one attached hydrogen (secondary N) is 1. The van der Waals surface area contributed by atoms with Gasteiger partial charge in [-0.1, -0.05) is 43.6 Å². The molecule has 1 aromatic carbocycles. The average Bonchev–Trinajstić information content (AvgIpc) is 3.07. The first-order valence-electron chi connectivity index (χ1n) is 10.9. The summed E-state index contributed by atoms with van der Waals surface area (Å²) >= 11 is 3.65. The lowest BCUT2D eigenvalue weighted by Crippen LogP contribution is -2.71. The third-order valence-electron chi connectivity index (χ3n) is 8.90. The highest BCUT2D eigenvalue weighted by Crippen LogP contribution is 2.66. The van der Waals surface area contributed by atoms with Gasteiger partial charge in [0.2, 0.25) is 0 Å². The van der Waals surface area contributed by atoms with Crippen LogP contribution in [0.5, 0.6) is 5.75 Å². The van der Waals surface area contributed by atoms with Crippen LogP contribution in [-0.4, -0.2) is 27.0 Å². The van der Waals surface area contributed by atoms with Crippen molar-refractivity contribution in [2.45, 2.75) is 70.4 Å². The van der Waals surface area contributed by atoms with Gasteiger partial charge in [-0.25, -0.2) is 0 Å². The lowest BCUT2D eigenvalue weighted by atomic mass is 9.44. The molecule has 1 spiro atoms. The van der Waals surface area contributed by atoms with Gasteiger partial charge in [0.05, 0.1) is 9.75 Å². The van der Waals surface area contributed by atoms with E-state index in [2.05, 4.69) is 35.1 Å². The summed E-state index contributed by atoms with van der Waals surface area (Å²) in [6.07, 6.45) is 3.08. The standard InChI is InChI=1S/C23H27BrN2O5/c1-11-5-6-16-21(2,3)19(27)14(24)9-23(16)22(11,4)8-12-7-15(26(29)30)17-13(18(12)31-23)10-25-20(17)28/h7,11,14,16H,5-6,8-10H2,1-4H3,(H,25,28)/t11-,14+,16-,22+,23-/m0/s1. The molecule has 166 valence electrons. The Morgan fingerprint density at radius 2 is 1.97 bits per heavy atom. The number of nitro groups is 1. The number of carbonyl (C=O) groups is 2. The van der Waals surface area contributed by atoms with Crippen LogP contribution in [0.1, 0.15) is 68.4 Å². The Labute approximate surface area is 189 Å². The molecule has 2 aliphatic carbocycles. The number of carbonyl (C=O) groups excluding carboxylic acids is 2. The average molecular weight is 491 g/mol. The van der Waals surface area contributed by atoms with Gasteiger partial charge >= 0.3 is 0 Å². The van der Waals surface area contributed by atoms with Gasteiger partial charge in [-0.15, -0.1) is 0 Å². The summed E-state index contributed by atoms with van der Waals surface area (Å²) in [6.45, 7) is 8.73. The summed E-state index contributed by atoms with van der Waals surface area (Å²) in [5.74, 6) is 0.754. The molecule has 0 radical (unpaired) electrons. The predicted octanol–water partition coefficient (Wildman–Crippen LogP) is 4.33. The van der Waals surface area contributed by atoms with Crippen LogP contribution in [0.4, 0.5) is 5.69 Å². The van der Waals surface area contributed by atoms with Crippen LogP contribution in [-0.2, 0) is 17.8 Å². The SMILES string of the molecule is C[C@H]1CC[C@H]2C(C)(C)C(=O)[C@H](Br)C[C@]23Oc2c(cc([N+](=O)[O-])c4c2CNC4=O)C[C@]13C. The molecule has 0 bridgehead atoms. The molecule has 2 saturated carbocycles. The molecule has 2 fully saturated rings. The number of amides is 1. The molecule has 0 aromatic heterocycles. The maximum atomic E-state index is 13.1. The number of ketones is 1. The van der Waals surface area contributed by atoms with Crippen molar-refractivity contribution in [3.05, 3.63) is 32.9 Å². The number of benzene rings is 1. The lowest BCUT2D eigenvalue weighted by Gasteiger charge is -2.66. The first-order chi connectivity index (χ1) is 14.4. The molecule has 5 rings (SSSR count). The van der Waals surface area contributed by atoms with Gasteiger partial charge in [-0.05, 0) is 25.2 Å². The maximum absolute atomic E-state index is 13.1. The zero-order chi connectivity index (χ0) is 22.5. The van der Waals surface area contributed by atoms with Crippen LogP contribution in [0.3, 0.4) is 0 Å². The Hall–Kier alpha value is -1.96. The number of nitrogens with zero attached hydrogens (tertiary/aromatic N) is 1. The quantitative estimate of drug-likeness (QED) is 0.358. The molecule has 1 N–H and O–H groups in total. The summed E-state index contributed by atoms with van der Waals surface area (Å²) < 4.78 is 6.98. The maximum Gasteiger partial charge on any atom is 0.283 e. The van der Waals surface area contributed by atoms with Gasteiger partial charge in [0.1, 0.15) is 16.9 Å². The summed E-state index contributed by atoms with van der Waals surface area (Å²) in [4.78, 5) is 36.5. The second-order valence-electron chi connectivity index (χ2n) is 10.6. The summed E-state index contributed by atoms with van der Waals surface area (Å²) in [7, 11) is 0. The van der Waals surface area contributed by atoms with Crippen LogP contribution < -0.4 is 10.1 Å². The normalized spacial score (nSPS) is 37.6. The zero-order valence-corrected chi connectivity index (χ0v) is 19.8. The number of halogens is 1. The van der Waals surface area contributed by atoms with E-state index in [1.807, 2.05) is 13.8 Å². The van der Waals surface area contributed by atoms with Crippen molar-refractivity contribution in [2.24, 2.45) is 22.7 Å². The Morgan fingerprint density at radius 1 is 1.26 bits per heavy atom. The van der Waals surface area contributed by atoms with E-state index in [0.29, 0.717) is 30.1 Å². The van der Waals surface area contributed by atoms with Gasteiger partial charge in [-0.3, -0.25) is 19.7 Å². The molecule has 31 heavy (non-hydrogen) atoms. The molecule has 1 amide bonds. The van der Waals surface area contributed by atoms with Crippen LogP contribution in [0, 0.1) is 32.8 Å². The van der Waals surface area contributed by atoms with Crippen molar-refractivity contribution in [1.29, 1.82) is 0 Å². The van der Waals surface area contributed by atoms with Crippen molar-refractivity contribution in [3.63, 3.8) is 0 Å². The molecule has 4 aliphatic rings. The minimum absolute atomic E-state index is 0.0338. The molecule has 0 saturated heterocycles.